The molecule has 0 amide bonds. The number of aryl methyl sites for hydroxylation is 1. The third-order valence-electron chi connectivity index (χ3n) is 2.23. The van der Waals surface area contributed by atoms with Crippen LogP contribution in [0.3, 0.4) is 0 Å². The van der Waals surface area contributed by atoms with E-state index >= 15 is 0 Å². The molecule has 0 saturated carbocycles. The molecule has 15 heavy (non-hydrogen) atoms. The minimum Gasteiger partial charge on any atom is -0.388 e. The number of hydrogen-bond acceptors (Lipinski definition) is 3. The van der Waals surface area contributed by atoms with Gasteiger partial charge in [0.25, 0.3) is 0 Å². The van der Waals surface area contributed by atoms with Gasteiger partial charge in [0.15, 0.2) is 0 Å². The summed E-state index contributed by atoms with van der Waals surface area (Å²) >= 11 is 0. The zero-order valence-electron chi connectivity index (χ0n) is 9.52. The fourth-order valence-electron chi connectivity index (χ4n) is 1.41. The molecule has 0 aromatic carbocycles. The predicted molar refractivity (Wildman–Crippen MR) is 58.6 cm³/mol. The van der Waals surface area contributed by atoms with Gasteiger partial charge in [0.2, 0.25) is 0 Å². The van der Waals surface area contributed by atoms with Gasteiger partial charge in [-0.05, 0) is 13.3 Å². The van der Waals surface area contributed by atoms with Crippen molar-refractivity contribution in [3.8, 4) is 0 Å². The van der Waals surface area contributed by atoms with E-state index in [1.165, 1.54) is 0 Å². The van der Waals surface area contributed by atoms with Crippen molar-refractivity contribution in [2.24, 2.45) is 0 Å². The molecule has 0 radical (unpaired) electrons. The second-order valence-electron chi connectivity index (χ2n) is 3.54. The molecule has 1 unspecified atom stereocenters. The monoisotopic (exact) mass is 212 g/mol. The third kappa shape index (κ3) is 4.01. The highest BCUT2D eigenvalue weighted by Crippen LogP contribution is 2.15. The van der Waals surface area contributed by atoms with Gasteiger partial charge < -0.3 is 9.84 Å². The van der Waals surface area contributed by atoms with Crippen molar-refractivity contribution < 1.29 is 9.84 Å². The number of aromatic nitrogens is 2. The summed E-state index contributed by atoms with van der Waals surface area (Å²) in [5.74, 6) is 0. The lowest BCUT2D eigenvalue weighted by Gasteiger charge is -2.07. The van der Waals surface area contributed by atoms with Gasteiger partial charge in [-0.3, -0.25) is 4.68 Å². The summed E-state index contributed by atoms with van der Waals surface area (Å²) in [4.78, 5) is 0. The van der Waals surface area contributed by atoms with Crippen LogP contribution in [-0.4, -0.2) is 28.1 Å². The molecule has 1 heterocycles. The first-order valence-electron chi connectivity index (χ1n) is 5.56. The first kappa shape index (κ1) is 12.2. The standard InChI is InChI=1S/C11H20N2O2/c1-3-6-13-9-10(8-12-13)11(14)5-7-15-4-2/h8-9,11,14H,3-7H2,1-2H3. The molecule has 0 aliphatic carbocycles. The SMILES string of the molecule is CCCn1cc(C(O)CCOCC)cn1. The van der Waals surface area contributed by atoms with Crippen LogP contribution in [0.15, 0.2) is 12.4 Å². The molecule has 0 fully saturated rings. The molecule has 1 atom stereocenters. The van der Waals surface area contributed by atoms with E-state index in [9.17, 15) is 5.11 Å². The number of aliphatic hydroxyl groups excluding tert-OH is 1. The fourth-order valence-corrected chi connectivity index (χ4v) is 1.41. The van der Waals surface area contributed by atoms with Gasteiger partial charge in [-0.1, -0.05) is 6.92 Å². The normalized spacial score (nSPS) is 13.0. The van der Waals surface area contributed by atoms with E-state index in [1.54, 1.807) is 6.20 Å². The summed E-state index contributed by atoms with van der Waals surface area (Å²) in [5, 5.41) is 14.0. The molecule has 0 saturated heterocycles. The van der Waals surface area contributed by atoms with Crippen molar-refractivity contribution in [2.75, 3.05) is 13.2 Å². The van der Waals surface area contributed by atoms with Crippen molar-refractivity contribution in [3.63, 3.8) is 0 Å². The smallest absolute Gasteiger partial charge is 0.0842 e. The van der Waals surface area contributed by atoms with E-state index in [4.69, 9.17) is 4.74 Å². The number of nitrogens with zero attached hydrogens (tertiary/aromatic N) is 2. The van der Waals surface area contributed by atoms with E-state index in [2.05, 4.69) is 12.0 Å². The summed E-state index contributed by atoms with van der Waals surface area (Å²) in [6, 6.07) is 0. The molecular weight excluding hydrogens is 192 g/mol. The third-order valence-corrected chi connectivity index (χ3v) is 2.23. The average molecular weight is 212 g/mol. The van der Waals surface area contributed by atoms with E-state index in [1.807, 2.05) is 17.8 Å². The van der Waals surface area contributed by atoms with Gasteiger partial charge in [-0.25, -0.2) is 0 Å². The first-order valence-corrected chi connectivity index (χ1v) is 5.56. The molecule has 4 nitrogen and oxygen atoms in total. The Morgan fingerprint density at radius 1 is 1.53 bits per heavy atom. The van der Waals surface area contributed by atoms with Crippen molar-refractivity contribution in [3.05, 3.63) is 18.0 Å². The maximum absolute atomic E-state index is 9.80. The highest BCUT2D eigenvalue weighted by molar-refractivity contribution is 5.07. The van der Waals surface area contributed by atoms with Crippen LogP contribution in [0.2, 0.25) is 0 Å². The number of rotatable bonds is 7. The molecule has 0 bridgehead atoms. The van der Waals surface area contributed by atoms with Gasteiger partial charge in [-0.15, -0.1) is 0 Å². The first-order chi connectivity index (χ1) is 7.27. The van der Waals surface area contributed by atoms with E-state index in [0.717, 1.165) is 18.5 Å². The van der Waals surface area contributed by atoms with E-state index < -0.39 is 6.10 Å². The predicted octanol–water partition coefficient (Wildman–Crippen LogP) is 1.75. The van der Waals surface area contributed by atoms with Crippen molar-refractivity contribution in [1.82, 2.24) is 9.78 Å². The van der Waals surface area contributed by atoms with Crippen molar-refractivity contribution >= 4 is 0 Å². The second-order valence-corrected chi connectivity index (χ2v) is 3.54. The molecule has 1 N–H and O–H groups in total. The van der Waals surface area contributed by atoms with Crippen LogP contribution in [0.5, 0.6) is 0 Å². The minimum absolute atomic E-state index is 0.456. The molecule has 0 aliphatic heterocycles. The maximum atomic E-state index is 9.80. The highest BCUT2D eigenvalue weighted by Gasteiger charge is 2.09. The van der Waals surface area contributed by atoms with Crippen LogP contribution in [0.25, 0.3) is 0 Å². The fraction of sp³-hybridized carbons (Fsp3) is 0.727. The Kier molecular flexibility index (Phi) is 5.36. The highest BCUT2D eigenvalue weighted by atomic mass is 16.5. The summed E-state index contributed by atoms with van der Waals surface area (Å²) < 4.78 is 7.05. The van der Waals surface area contributed by atoms with Gasteiger partial charge in [0, 0.05) is 37.9 Å². The summed E-state index contributed by atoms with van der Waals surface area (Å²) in [6.45, 7) is 6.25. The van der Waals surface area contributed by atoms with Gasteiger partial charge in [-0.2, -0.15) is 5.10 Å². The van der Waals surface area contributed by atoms with Crippen LogP contribution in [0.4, 0.5) is 0 Å². The van der Waals surface area contributed by atoms with Crippen molar-refractivity contribution in [1.29, 1.82) is 0 Å². The molecule has 86 valence electrons. The van der Waals surface area contributed by atoms with Crippen molar-refractivity contribution in [2.45, 2.75) is 39.3 Å². The second kappa shape index (κ2) is 6.58. The van der Waals surface area contributed by atoms with Crippen LogP contribution >= 0.6 is 0 Å². The Labute approximate surface area is 90.9 Å². The summed E-state index contributed by atoms with van der Waals surface area (Å²) in [5.41, 5.74) is 0.878. The largest absolute Gasteiger partial charge is 0.388 e. The zero-order valence-corrected chi connectivity index (χ0v) is 9.52. The van der Waals surface area contributed by atoms with E-state index in [0.29, 0.717) is 19.6 Å². The Morgan fingerprint density at radius 2 is 2.33 bits per heavy atom. The summed E-state index contributed by atoms with van der Waals surface area (Å²) in [6.07, 6.45) is 4.86. The Bertz CT molecular complexity index is 273. The Morgan fingerprint density at radius 3 is 3.00 bits per heavy atom. The van der Waals surface area contributed by atoms with Gasteiger partial charge >= 0.3 is 0 Å². The van der Waals surface area contributed by atoms with Gasteiger partial charge in [0.05, 0.1) is 12.3 Å². The Balaban J connectivity index is 2.39. The Hall–Kier alpha value is -0.870. The molecular formula is C11H20N2O2. The average Bonchev–Trinajstić information content (AvgIpc) is 2.67. The van der Waals surface area contributed by atoms with Crippen LogP contribution in [-0.2, 0) is 11.3 Å². The van der Waals surface area contributed by atoms with Gasteiger partial charge in [0.1, 0.15) is 0 Å². The maximum Gasteiger partial charge on any atom is 0.0842 e. The minimum atomic E-state index is -0.456. The molecule has 1 rings (SSSR count). The lowest BCUT2D eigenvalue weighted by Crippen LogP contribution is -2.02. The molecule has 1 aromatic rings. The molecule has 1 aromatic heterocycles. The quantitative estimate of drug-likeness (QED) is 0.700. The van der Waals surface area contributed by atoms with E-state index in [-0.39, 0.29) is 0 Å². The molecule has 0 spiro atoms. The lowest BCUT2D eigenvalue weighted by atomic mass is 10.1. The summed E-state index contributed by atoms with van der Waals surface area (Å²) in [7, 11) is 0. The number of ether oxygens (including phenoxy) is 1. The van der Waals surface area contributed by atoms with Crippen LogP contribution < -0.4 is 0 Å². The van der Waals surface area contributed by atoms with Crippen LogP contribution in [0.1, 0.15) is 38.4 Å². The van der Waals surface area contributed by atoms with Crippen LogP contribution in [0, 0.1) is 0 Å². The lowest BCUT2D eigenvalue weighted by molar-refractivity contribution is 0.0885. The molecule has 0 aliphatic rings. The topological polar surface area (TPSA) is 47.3 Å². The molecule has 4 heteroatoms. The number of aliphatic hydroxyl groups is 1. The zero-order chi connectivity index (χ0) is 11.1. The number of hydrogen-bond donors (Lipinski definition) is 1.